The Morgan fingerprint density at radius 2 is 1.43 bits per heavy atom. The highest BCUT2D eigenvalue weighted by Crippen LogP contribution is 2.65. The zero-order chi connectivity index (χ0) is 27.1. The standard InChI is InChI=1S/C25H17Cl3F3N3O3/c1-11(35)32-13-3-5-14(6-4-13)33-23(36)19-17(30)8-9-18(22(19)31)34-24(37)21-20(25(21,27)28)12-2-7-16(29)15(26)10-12/h2-10,20-21H,1H3,(H,32,35)(H,33,36)(H,34,37). The van der Waals surface area contributed by atoms with E-state index in [1.54, 1.807) is 0 Å². The van der Waals surface area contributed by atoms with Crippen molar-refractivity contribution in [1.82, 2.24) is 0 Å². The molecule has 12 heteroatoms. The predicted octanol–water partition coefficient (Wildman–Crippen LogP) is 6.49. The highest BCUT2D eigenvalue weighted by atomic mass is 35.5. The fourth-order valence-electron chi connectivity index (χ4n) is 3.87. The van der Waals surface area contributed by atoms with E-state index in [0.29, 0.717) is 11.3 Å². The molecule has 4 rings (SSSR count). The second kappa shape index (κ2) is 10.2. The van der Waals surface area contributed by atoms with E-state index in [2.05, 4.69) is 16.0 Å². The third kappa shape index (κ3) is 5.53. The summed E-state index contributed by atoms with van der Waals surface area (Å²) in [5.41, 5.74) is -0.321. The van der Waals surface area contributed by atoms with Crippen LogP contribution in [0.25, 0.3) is 0 Å². The first-order valence-corrected chi connectivity index (χ1v) is 11.8. The van der Waals surface area contributed by atoms with Crippen LogP contribution in [0.3, 0.4) is 0 Å². The summed E-state index contributed by atoms with van der Waals surface area (Å²) >= 11 is 18.3. The lowest BCUT2D eigenvalue weighted by molar-refractivity contribution is -0.117. The van der Waals surface area contributed by atoms with Crippen LogP contribution >= 0.6 is 34.8 Å². The van der Waals surface area contributed by atoms with Crippen molar-refractivity contribution in [3.8, 4) is 0 Å². The van der Waals surface area contributed by atoms with Crippen molar-refractivity contribution in [2.75, 3.05) is 16.0 Å². The first-order chi connectivity index (χ1) is 17.4. The number of anilines is 3. The Bertz CT molecular complexity index is 1420. The number of hydrogen-bond acceptors (Lipinski definition) is 3. The summed E-state index contributed by atoms with van der Waals surface area (Å²) in [5.74, 6) is -7.13. The number of hydrogen-bond donors (Lipinski definition) is 3. The van der Waals surface area contributed by atoms with Gasteiger partial charge in [-0.2, -0.15) is 0 Å². The molecular formula is C25H17Cl3F3N3O3. The van der Waals surface area contributed by atoms with Gasteiger partial charge in [-0.3, -0.25) is 14.4 Å². The number of rotatable bonds is 6. The van der Waals surface area contributed by atoms with E-state index >= 15 is 4.39 Å². The summed E-state index contributed by atoms with van der Waals surface area (Å²) in [5, 5.41) is 7.01. The van der Waals surface area contributed by atoms with Crippen LogP contribution in [0, 0.1) is 23.4 Å². The Hall–Kier alpha value is -3.27. The molecule has 192 valence electrons. The van der Waals surface area contributed by atoms with Gasteiger partial charge >= 0.3 is 0 Å². The minimum atomic E-state index is -1.58. The molecule has 3 amide bonds. The van der Waals surface area contributed by atoms with Gasteiger partial charge in [0.15, 0.2) is 5.82 Å². The molecule has 3 N–H and O–H groups in total. The van der Waals surface area contributed by atoms with Crippen LogP contribution < -0.4 is 16.0 Å². The van der Waals surface area contributed by atoms with Crippen LogP contribution in [-0.2, 0) is 9.59 Å². The van der Waals surface area contributed by atoms with Crippen molar-refractivity contribution in [3.05, 3.63) is 88.2 Å². The summed E-state index contributed by atoms with van der Waals surface area (Å²) in [4.78, 5) is 36.6. The van der Waals surface area contributed by atoms with Gasteiger partial charge in [-0.05, 0) is 54.1 Å². The van der Waals surface area contributed by atoms with Crippen molar-refractivity contribution < 1.29 is 27.6 Å². The second-order valence-corrected chi connectivity index (χ2v) is 10.1. The third-order valence-electron chi connectivity index (χ3n) is 5.68. The van der Waals surface area contributed by atoms with E-state index < -0.39 is 56.7 Å². The number of halogens is 6. The lowest BCUT2D eigenvalue weighted by atomic mass is 10.1. The highest BCUT2D eigenvalue weighted by molar-refractivity contribution is 6.53. The lowest BCUT2D eigenvalue weighted by Gasteiger charge is -2.12. The predicted molar refractivity (Wildman–Crippen MR) is 136 cm³/mol. The molecule has 0 saturated heterocycles. The van der Waals surface area contributed by atoms with E-state index in [-0.39, 0.29) is 16.6 Å². The molecular weight excluding hydrogens is 554 g/mol. The van der Waals surface area contributed by atoms with Gasteiger partial charge in [-0.15, -0.1) is 23.2 Å². The topological polar surface area (TPSA) is 87.3 Å². The SMILES string of the molecule is CC(=O)Nc1ccc(NC(=O)c2c(F)ccc(NC(=O)C3C(c4ccc(F)c(Cl)c4)C3(Cl)Cl)c2F)cc1. The van der Waals surface area contributed by atoms with Crippen LogP contribution in [0.2, 0.25) is 5.02 Å². The molecule has 0 heterocycles. The van der Waals surface area contributed by atoms with Crippen LogP contribution in [0.15, 0.2) is 54.6 Å². The number of carbonyl (C=O) groups is 3. The molecule has 0 bridgehead atoms. The second-order valence-electron chi connectivity index (χ2n) is 8.29. The summed E-state index contributed by atoms with van der Waals surface area (Å²) in [6.45, 7) is 1.33. The molecule has 0 aliphatic heterocycles. The molecule has 3 aromatic rings. The van der Waals surface area contributed by atoms with E-state index in [1.165, 1.54) is 43.3 Å². The number of amides is 3. The largest absolute Gasteiger partial charge is 0.326 e. The summed E-state index contributed by atoms with van der Waals surface area (Å²) < 4.78 is 41.5. The Morgan fingerprint density at radius 3 is 2.03 bits per heavy atom. The maximum absolute atomic E-state index is 15.2. The monoisotopic (exact) mass is 569 g/mol. The summed E-state index contributed by atoms with van der Waals surface area (Å²) in [7, 11) is 0. The number of carbonyl (C=O) groups excluding carboxylic acids is 3. The molecule has 1 aliphatic carbocycles. The molecule has 2 unspecified atom stereocenters. The van der Waals surface area contributed by atoms with Gasteiger partial charge in [0.05, 0.1) is 16.6 Å². The minimum Gasteiger partial charge on any atom is -0.326 e. The van der Waals surface area contributed by atoms with Crippen LogP contribution in [0.4, 0.5) is 30.2 Å². The fraction of sp³-hybridized carbons (Fsp3) is 0.160. The van der Waals surface area contributed by atoms with Gasteiger partial charge in [0.1, 0.15) is 21.5 Å². The maximum atomic E-state index is 15.2. The zero-order valence-electron chi connectivity index (χ0n) is 18.8. The van der Waals surface area contributed by atoms with Crippen LogP contribution in [-0.4, -0.2) is 22.1 Å². The van der Waals surface area contributed by atoms with Gasteiger partial charge in [0, 0.05) is 24.2 Å². The normalized spacial score (nSPS) is 17.6. The van der Waals surface area contributed by atoms with E-state index in [9.17, 15) is 23.2 Å². The number of nitrogens with one attached hydrogen (secondary N) is 3. The van der Waals surface area contributed by atoms with Crippen LogP contribution in [0.1, 0.15) is 28.8 Å². The first-order valence-electron chi connectivity index (χ1n) is 10.7. The molecule has 1 saturated carbocycles. The van der Waals surface area contributed by atoms with Crippen molar-refractivity contribution in [2.45, 2.75) is 17.2 Å². The lowest BCUT2D eigenvalue weighted by Crippen LogP contribution is -2.21. The van der Waals surface area contributed by atoms with Crippen molar-refractivity contribution in [2.24, 2.45) is 5.92 Å². The van der Waals surface area contributed by atoms with Gasteiger partial charge in [-0.25, -0.2) is 13.2 Å². The maximum Gasteiger partial charge on any atom is 0.261 e. The average Bonchev–Trinajstić information content (AvgIpc) is 3.40. The molecule has 0 radical (unpaired) electrons. The first kappa shape index (κ1) is 26.8. The number of alkyl halides is 2. The van der Waals surface area contributed by atoms with Crippen molar-refractivity contribution in [3.63, 3.8) is 0 Å². The van der Waals surface area contributed by atoms with Gasteiger partial charge in [0.25, 0.3) is 5.91 Å². The molecule has 1 fully saturated rings. The van der Waals surface area contributed by atoms with Crippen molar-refractivity contribution >= 4 is 69.6 Å². The molecule has 37 heavy (non-hydrogen) atoms. The van der Waals surface area contributed by atoms with E-state index in [1.807, 2.05) is 0 Å². The highest BCUT2D eigenvalue weighted by Gasteiger charge is 2.67. The van der Waals surface area contributed by atoms with E-state index in [4.69, 9.17) is 34.8 Å². The quantitative estimate of drug-likeness (QED) is 0.296. The average molecular weight is 571 g/mol. The van der Waals surface area contributed by atoms with Crippen molar-refractivity contribution in [1.29, 1.82) is 0 Å². The Kier molecular flexibility index (Phi) is 7.41. The third-order valence-corrected chi connectivity index (χ3v) is 6.91. The fourth-order valence-corrected chi connectivity index (χ4v) is 4.89. The summed E-state index contributed by atoms with van der Waals surface area (Å²) in [6.07, 6.45) is 0. The summed E-state index contributed by atoms with van der Waals surface area (Å²) in [6, 6.07) is 11.4. The minimum absolute atomic E-state index is 0.183. The number of benzene rings is 3. The Morgan fingerprint density at radius 1 is 0.838 bits per heavy atom. The molecule has 3 aromatic carbocycles. The van der Waals surface area contributed by atoms with Gasteiger partial charge in [-0.1, -0.05) is 17.7 Å². The smallest absolute Gasteiger partial charge is 0.261 e. The zero-order valence-corrected chi connectivity index (χ0v) is 21.1. The Balaban J connectivity index is 1.51. The molecule has 6 nitrogen and oxygen atoms in total. The van der Waals surface area contributed by atoms with Crippen LogP contribution in [0.5, 0.6) is 0 Å². The molecule has 0 spiro atoms. The Labute approximate surface area is 224 Å². The molecule has 1 aliphatic rings. The van der Waals surface area contributed by atoms with Gasteiger partial charge in [0.2, 0.25) is 11.8 Å². The van der Waals surface area contributed by atoms with E-state index in [0.717, 1.165) is 18.2 Å². The molecule has 0 aromatic heterocycles. The molecule has 2 atom stereocenters. The van der Waals surface area contributed by atoms with Gasteiger partial charge < -0.3 is 16.0 Å².